The minimum Gasteiger partial charge on any atom is -0.362 e. The minimum absolute atomic E-state index is 0.0277. The van der Waals surface area contributed by atoms with Gasteiger partial charge in [-0.25, -0.2) is 4.98 Å². The second kappa shape index (κ2) is 6.23. The van der Waals surface area contributed by atoms with Crippen LogP contribution in [0.15, 0.2) is 18.6 Å². The summed E-state index contributed by atoms with van der Waals surface area (Å²) in [6, 6.07) is 0. The van der Waals surface area contributed by atoms with Crippen LogP contribution in [0.4, 0.5) is 0 Å². The lowest BCUT2D eigenvalue weighted by Gasteiger charge is -2.39. The number of rotatable bonds is 2. The number of likely N-dealkylation sites (N-methyl/N-ethyl adjacent to an activating group) is 1. The molecule has 124 valence electrons. The first-order valence-electron chi connectivity index (χ1n) is 7.95. The molecule has 2 aliphatic heterocycles. The van der Waals surface area contributed by atoms with E-state index in [0.717, 1.165) is 25.7 Å². The van der Waals surface area contributed by atoms with E-state index in [1.807, 2.05) is 0 Å². The summed E-state index contributed by atoms with van der Waals surface area (Å²) in [7, 11) is 3.50. The molecular formula is C16H22N4O3. The molecule has 1 aromatic heterocycles. The second-order valence-electron chi connectivity index (χ2n) is 6.44. The number of ether oxygens (including phenoxy) is 1. The highest BCUT2D eigenvalue weighted by molar-refractivity contribution is 5.92. The number of carbonyl (C=O) groups excluding carboxylic acids is 2. The van der Waals surface area contributed by atoms with E-state index < -0.39 is 0 Å². The number of hydrogen-bond donors (Lipinski definition) is 0. The van der Waals surface area contributed by atoms with Crippen molar-refractivity contribution in [2.75, 3.05) is 27.2 Å². The lowest BCUT2D eigenvalue weighted by Crippen LogP contribution is -2.47. The van der Waals surface area contributed by atoms with Crippen LogP contribution < -0.4 is 0 Å². The Morgan fingerprint density at radius 2 is 2.00 bits per heavy atom. The van der Waals surface area contributed by atoms with E-state index in [9.17, 15) is 9.59 Å². The number of amides is 2. The predicted molar refractivity (Wildman–Crippen MR) is 82.7 cm³/mol. The number of hydrogen-bond acceptors (Lipinski definition) is 5. The van der Waals surface area contributed by atoms with E-state index in [0.29, 0.717) is 18.8 Å². The van der Waals surface area contributed by atoms with E-state index in [4.69, 9.17) is 4.74 Å². The maximum absolute atomic E-state index is 12.4. The number of likely N-dealkylation sites (tertiary alicyclic amines) is 1. The van der Waals surface area contributed by atoms with Gasteiger partial charge < -0.3 is 14.5 Å². The fourth-order valence-electron chi connectivity index (χ4n) is 3.33. The quantitative estimate of drug-likeness (QED) is 0.803. The molecule has 0 saturated carbocycles. The Bertz CT molecular complexity index is 582. The molecule has 1 unspecified atom stereocenters. The third-order valence-corrected chi connectivity index (χ3v) is 4.71. The van der Waals surface area contributed by atoms with E-state index in [1.165, 1.54) is 12.4 Å². The molecule has 0 aliphatic carbocycles. The monoisotopic (exact) mass is 318 g/mol. The van der Waals surface area contributed by atoms with Crippen molar-refractivity contribution in [1.29, 1.82) is 0 Å². The molecule has 3 rings (SSSR count). The zero-order valence-corrected chi connectivity index (χ0v) is 13.6. The first-order valence-corrected chi connectivity index (χ1v) is 7.95. The summed E-state index contributed by atoms with van der Waals surface area (Å²) >= 11 is 0. The van der Waals surface area contributed by atoms with Gasteiger partial charge in [0.1, 0.15) is 11.8 Å². The van der Waals surface area contributed by atoms with Crippen LogP contribution in [0.3, 0.4) is 0 Å². The van der Waals surface area contributed by atoms with Gasteiger partial charge in [0, 0.05) is 39.6 Å². The molecule has 1 aromatic rings. The van der Waals surface area contributed by atoms with E-state index in [-0.39, 0.29) is 23.5 Å². The van der Waals surface area contributed by atoms with Crippen molar-refractivity contribution in [3.63, 3.8) is 0 Å². The van der Waals surface area contributed by atoms with E-state index in [2.05, 4.69) is 9.97 Å². The maximum Gasteiger partial charge on any atom is 0.274 e. The van der Waals surface area contributed by atoms with Gasteiger partial charge in [-0.1, -0.05) is 0 Å². The number of piperidine rings is 1. The van der Waals surface area contributed by atoms with Gasteiger partial charge in [0.2, 0.25) is 0 Å². The smallest absolute Gasteiger partial charge is 0.274 e. The van der Waals surface area contributed by atoms with Crippen molar-refractivity contribution in [3.05, 3.63) is 24.3 Å². The van der Waals surface area contributed by atoms with Crippen molar-refractivity contribution in [2.45, 2.75) is 37.4 Å². The van der Waals surface area contributed by atoms with Crippen molar-refractivity contribution in [3.8, 4) is 0 Å². The molecule has 0 bridgehead atoms. The van der Waals surface area contributed by atoms with Gasteiger partial charge in [-0.3, -0.25) is 14.6 Å². The van der Waals surface area contributed by atoms with Gasteiger partial charge in [0.15, 0.2) is 0 Å². The molecule has 23 heavy (non-hydrogen) atoms. The molecule has 2 amide bonds. The standard InChI is InChI=1S/C16H22N4O3/c1-19(2)15(22)13-3-4-16(23-13)5-9-20(10-6-16)14(21)12-11-17-7-8-18-12/h7-8,11,13H,3-6,9-10H2,1-2H3. The SMILES string of the molecule is CN(C)C(=O)C1CCC2(CCN(C(=O)c3cnccn3)CC2)O1. The summed E-state index contributed by atoms with van der Waals surface area (Å²) < 4.78 is 6.09. The molecule has 2 saturated heterocycles. The van der Waals surface area contributed by atoms with Gasteiger partial charge in [-0.2, -0.15) is 0 Å². The average Bonchev–Trinajstić information content (AvgIpc) is 2.98. The highest BCUT2D eigenvalue weighted by Gasteiger charge is 2.45. The summed E-state index contributed by atoms with van der Waals surface area (Å²) in [6.07, 6.45) is 7.38. The predicted octanol–water partition coefficient (Wildman–Crippen LogP) is 0.719. The summed E-state index contributed by atoms with van der Waals surface area (Å²) in [4.78, 5) is 35.8. The molecule has 2 aliphatic rings. The highest BCUT2D eigenvalue weighted by Crippen LogP contribution is 2.39. The van der Waals surface area contributed by atoms with Gasteiger partial charge in [0.05, 0.1) is 11.8 Å². The van der Waals surface area contributed by atoms with Gasteiger partial charge >= 0.3 is 0 Å². The van der Waals surface area contributed by atoms with Crippen LogP contribution in [-0.2, 0) is 9.53 Å². The van der Waals surface area contributed by atoms with Crippen molar-refractivity contribution < 1.29 is 14.3 Å². The fourth-order valence-corrected chi connectivity index (χ4v) is 3.33. The minimum atomic E-state index is -0.341. The van der Waals surface area contributed by atoms with Gasteiger partial charge in [0.25, 0.3) is 11.8 Å². The Balaban J connectivity index is 1.59. The summed E-state index contributed by atoms with van der Waals surface area (Å²) in [5, 5.41) is 0. The zero-order chi connectivity index (χ0) is 16.4. The number of nitrogens with zero attached hydrogens (tertiary/aromatic N) is 4. The van der Waals surface area contributed by atoms with Gasteiger partial charge in [-0.05, 0) is 25.7 Å². The normalized spacial score (nSPS) is 23.0. The molecule has 7 heteroatoms. The molecule has 0 radical (unpaired) electrons. The third-order valence-electron chi connectivity index (χ3n) is 4.71. The molecule has 1 spiro atoms. The highest BCUT2D eigenvalue weighted by atomic mass is 16.5. The second-order valence-corrected chi connectivity index (χ2v) is 6.44. The fraction of sp³-hybridized carbons (Fsp3) is 0.625. The molecular weight excluding hydrogens is 296 g/mol. The van der Waals surface area contributed by atoms with Crippen molar-refractivity contribution >= 4 is 11.8 Å². The average molecular weight is 318 g/mol. The topological polar surface area (TPSA) is 75.6 Å². The molecule has 7 nitrogen and oxygen atoms in total. The Hall–Kier alpha value is -2.02. The largest absolute Gasteiger partial charge is 0.362 e. The van der Waals surface area contributed by atoms with Gasteiger partial charge in [-0.15, -0.1) is 0 Å². The lowest BCUT2D eigenvalue weighted by atomic mass is 9.88. The van der Waals surface area contributed by atoms with Crippen LogP contribution in [0, 0.1) is 0 Å². The van der Waals surface area contributed by atoms with Crippen LogP contribution in [0.1, 0.15) is 36.2 Å². The molecule has 2 fully saturated rings. The molecule has 0 N–H and O–H groups in total. The number of carbonyl (C=O) groups is 2. The molecule has 1 atom stereocenters. The third kappa shape index (κ3) is 3.19. The van der Waals surface area contributed by atoms with Crippen molar-refractivity contribution in [2.24, 2.45) is 0 Å². The number of aromatic nitrogens is 2. The Morgan fingerprint density at radius 1 is 1.26 bits per heavy atom. The van der Waals surface area contributed by atoms with E-state index >= 15 is 0 Å². The Kier molecular flexibility index (Phi) is 4.30. The lowest BCUT2D eigenvalue weighted by molar-refractivity contribution is -0.148. The Labute approximate surface area is 135 Å². The van der Waals surface area contributed by atoms with Crippen LogP contribution in [0.5, 0.6) is 0 Å². The van der Waals surface area contributed by atoms with Crippen molar-refractivity contribution in [1.82, 2.24) is 19.8 Å². The summed E-state index contributed by atoms with van der Waals surface area (Å²) in [6.45, 7) is 1.25. The zero-order valence-electron chi connectivity index (χ0n) is 13.6. The van der Waals surface area contributed by atoms with Crippen LogP contribution in [0.2, 0.25) is 0 Å². The van der Waals surface area contributed by atoms with Crippen LogP contribution in [0.25, 0.3) is 0 Å². The molecule has 0 aromatic carbocycles. The molecule has 3 heterocycles. The van der Waals surface area contributed by atoms with Crippen LogP contribution in [-0.4, -0.2) is 70.5 Å². The maximum atomic E-state index is 12.4. The Morgan fingerprint density at radius 3 is 2.61 bits per heavy atom. The summed E-state index contributed by atoms with van der Waals surface area (Å²) in [5.41, 5.74) is 0.117. The first kappa shape index (κ1) is 15.9. The van der Waals surface area contributed by atoms with E-state index in [1.54, 1.807) is 30.1 Å². The van der Waals surface area contributed by atoms with Crippen LogP contribution >= 0.6 is 0 Å². The summed E-state index contributed by atoms with van der Waals surface area (Å²) in [5.74, 6) is -0.0631. The first-order chi connectivity index (χ1) is 11.0.